The zero-order valence-electron chi connectivity index (χ0n) is 28.9. The van der Waals surface area contributed by atoms with Crippen molar-refractivity contribution < 1.29 is 27.4 Å². The van der Waals surface area contributed by atoms with E-state index in [1.807, 2.05) is 55.5 Å². The quantitative estimate of drug-likeness (QED) is 0.219. The van der Waals surface area contributed by atoms with Gasteiger partial charge in [0.05, 0.1) is 31.6 Å². The Morgan fingerprint density at radius 2 is 1.90 bits per heavy atom. The van der Waals surface area contributed by atoms with Crippen LogP contribution in [0.1, 0.15) is 71.3 Å². The molecular formula is C40H47ClN2O6S. The summed E-state index contributed by atoms with van der Waals surface area (Å²) in [5, 5.41) is -0.196. The van der Waals surface area contributed by atoms with Gasteiger partial charge in [-0.15, -0.1) is 0 Å². The fourth-order valence-electron chi connectivity index (χ4n) is 8.64. The van der Waals surface area contributed by atoms with Crippen molar-refractivity contribution in [3.8, 4) is 5.75 Å². The Morgan fingerprint density at radius 3 is 2.68 bits per heavy atom. The molecule has 2 aliphatic carbocycles. The zero-order chi connectivity index (χ0) is 34.9. The largest absolute Gasteiger partial charge is 0.490 e. The van der Waals surface area contributed by atoms with E-state index < -0.39 is 21.2 Å². The number of hydrogen-bond acceptors (Lipinski definition) is 7. The van der Waals surface area contributed by atoms with E-state index >= 15 is 0 Å². The van der Waals surface area contributed by atoms with Crippen LogP contribution < -0.4 is 14.4 Å². The van der Waals surface area contributed by atoms with Crippen molar-refractivity contribution in [2.45, 2.75) is 62.2 Å². The summed E-state index contributed by atoms with van der Waals surface area (Å²) in [4.78, 5) is 16.3. The predicted octanol–water partition coefficient (Wildman–Crippen LogP) is 7.27. The molecule has 1 N–H and O–H groups in total. The second kappa shape index (κ2) is 14.7. The highest BCUT2D eigenvalue weighted by Crippen LogP contribution is 2.47. The van der Waals surface area contributed by atoms with Crippen LogP contribution in [0.5, 0.6) is 5.75 Å². The molecule has 3 aromatic rings. The predicted molar refractivity (Wildman–Crippen MR) is 197 cm³/mol. The molecule has 2 aliphatic heterocycles. The van der Waals surface area contributed by atoms with Gasteiger partial charge in [-0.25, -0.2) is 13.1 Å². The number of benzene rings is 3. The molecule has 2 bridgehead atoms. The fraction of sp³-hybridized carbons (Fsp3) is 0.475. The first kappa shape index (κ1) is 35.1. The summed E-state index contributed by atoms with van der Waals surface area (Å²) in [5.74, 6) is 0.372. The van der Waals surface area contributed by atoms with Crippen LogP contribution in [0, 0.1) is 17.8 Å². The lowest BCUT2D eigenvalue weighted by Crippen LogP contribution is -2.49. The van der Waals surface area contributed by atoms with Crippen LogP contribution in [0.4, 0.5) is 5.69 Å². The number of rotatable bonds is 5. The Bertz CT molecular complexity index is 1830. The molecule has 4 aliphatic rings. The van der Waals surface area contributed by atoms with Crippen LogP contribution in [-0.2, 0) is 31.3 Å². The number of nitrogens with one attached hydrogen (secondary N) is 1. The van der Waals surface area contributed by atoms with Crippen LogP contribution in [-0.4, -0.2) is 60.4 Å². The van der Waals surface area contributed by atoms with Crippen LogP contribution >= 0.6 is 11.6 Å². The first-order chi connectivity index (χ1) is 24.2. The van der Waals surface area contributed by atoms with Crippen molar-refractivity contribution in [3.63, 3.8) is 0 Å². The summed E-state index contributed by atoms with van der Waals surface area (Å²) in [6, 6.07) is 20.7. The number of halogens is 1. The molecule has 1 fully saturated rings. The number of hydrogen-bond donors (Lipinski definition) is 1. The van der Waals surface area contributed by atoms with E-state index in [2.05, 4.69) is 33.9 Å². The molecule has 8 nitrogen and oxygen atoms in total. The molecule has 1 saturated carbocycles. The average Bonchev–Trinajstić information content (AvgIpc) is 3.23. The summed E-state index contributed by atoms with van der Waals surface area (Å²) >= 11 is 6.46. The maximum atomic E-state index is 14.1. The van der Waals surface area contributed by atoms with Gasteiger partial charge in [0, 0.05) is 36.2 Å². The molecule has 0 aromatic heterocycles. The molecule has 6 atom stereocenters. The van der Waals surface area contributed by atoms with E-state index in [1.54, 1.807) is 13.2 Å². The molecule has 7 rings (SSSR count). The van der Waals surface area contributed by atoms with Crippen molar-refractivity contribution >= 4 is 33.2 Å². The van der Waals surface area contributed by atoms with Crippen LogP contribution in [0.25, 0.3) is 0 Å². The molecule has 3 aromatic carbocycles. The minimum atomic E-state index is -4.13. The van der Waals surface area contributed by atoms with Gasteiger partial charge in [-0.05, 0) is 103 Å². The van der Waals surface area contributed by atoms with E-state index in [-0.39, 0.29) is 28.9 Å². The summed E-state index contributed by atoms with van der Waals surface area (Å²) in [7, 11) is -2.45. The van der Waals surface area contributed by atoms with Crippen molar-refractivity contribution in [2.75, 3.05) is 44.9 Å². The molecule has 50 heavy (non-hydrogen) atoms. The van der Waals surface area contributed by atoms with E-state index in [0.29, 0.717) is 50.0 Å². The standard InChI is InChI=1S/C40H47ClN2O6S/c1-27-8-6-12-36(48-21-20-47-2)33-16-13-31(33)24-43-25-40(19-7-11-29-22-32(41)15-17-34(29)40)26-49-37-18-14-30(23-35(37)43)39(44)42-50(45,46)38(27)28-9-4-3-5-10-28/h3-6,9-10,12,14-15,17-18,22-23,27,31,33,36,38H,7-8,11,13,16,19-21,24-26H2,1-2H3,(H,42,44)/b12-6-/t27-,31-,33+,36-,38+,40-/m0/s1. The van der Waals surface area contributed by atoms with Crippen molar-refractivity contribution in [1.29, 1.82) is 0 Å². The first-order valence-corrected chi connectivity index (χ1v) is 19.8. The Morgan fingerprint density at radius 1 is 1.06 bits per heavy atom. The van der Waals surface area contributed by atoms with Crippen molar-refractivity contribution in [2.24, 2.45) is 17.8 Å². The van der Waals surface area contributed by atoms with Gasteiger partial charge in [0.15, 0.2) is 0 Å². The topological polar surface area (TPSA) is 94.2 Å². The van der Waals surface area contributed by atoms with Gasteiger partial charge in [0.1, 0.15) is 11.0 Å². The maximum Gasteiger partial charge on any atom is 0.264 e. The first-order valence-electron chi connectivity index (χ1n) is 17.9. The molecule has 0 saturated heterocycles. The number of carbonyl (C=O) groups is 1. The SMILES string of the molecule is COCCO[C@H]1/C=C\C[C@H](C)[C@H](c2ccccc2)S(=O)(=O)NC(=O)c2ccc3c(c2)N(C[C@@H]2CC[C@H]21)C[C@@]1(CCCc2cc(Cl)ccc21)CO3. The number of anilines is 1. The number of nitrogens with zero attached hydrogens (tertiary/aromatic N) is 1. The number of methoxy groups -OCH3 is 1. The number of carbonyl (C=O) groups excluding carboxylic acids is 1. The van der Waals surface area contributed by atoms with Crippen molar-refractivity contribution in [1.82, 2.24) is 4.72 Å². The van der Waals surface area contributed by atoms with E-state index in [4.69, 9.17) is 25.8 Å². The van der Waals surface area contributed by atoms with Gasteiger partial charge >= 0.3 is 0 Å². The lowest BCUT2D eigenvalue weighted by molar-refractivity contribution is -0.0309. The highest BCUT2D eigenvalue weighted by molar-refractivity contribution is 7.90. The van der Waals surface area contributed by atoms with Crippen LogP contribution in [0.2, 0.25) is 5.02 Å². The second-order valence-electron chi connectivity index (χ2n) is 14.6. The Labute approximate surface area is 301 Å². The molecule has 1 amide bonds. The van der Waals surface area contributed by atoms with Gasteiger partial charge in [-0.1, -0.05) is 67.1 Å². The zero-order valence-corrected chi connectivity index (χ0v) is 30.4. The molecule has 1 spiro atoms. The number of sulfonamides is 1. The smallest absolute Gasteiger partial charge is 0.264 e. The molecule has 2 heterocycles. The lowest BCUT2D eigenvalue weighted by atomic mass is 9.68. The highest BCUT2D eigenvalue weighted by atomic mass is 35.5. The minimum absolute atomic E-state index is 0.129. The summed E-state index contributed by atoms with van der Waals surface area (Å²) in [6.07, 6.45) is 9.65. The summed E-state index contributed by atoms with van der Waals surface area (Å²) in [5.41, 5.74) is 4.00. The molecular weight excluding hydrogens is 672 g/mol. The number of amides is 1. The molecule has 0 unspecified atom stereocenters. The third-order valence-corrected chi connectivity index (χ3v) is 13.4. The average molecular weight is 719 g/mol. The molecule has 0 radical (unpaired) electrons. The lowest BCUT2D eigenvalue weighted by Gasteiger charge is -2.46. The van der Waals surface area contributed by atoms with E-state index in [1.165, 1.54) is 11.1 Å². The highest BCUT2D eigenvalue weighted by Gasteiger charge is 2.45. The monoisotopic (exact) mass is 718 g/mol. The number of allylic oxidation sites excluding steroid dienone is 1. The van der Waals surface area contributed by atoms with Gasteiger partial charge in [-0.2, -0.15) is 0 Å². The minimum Gasteiger partial charge on any atom is -0.490 e. The van der Waals surface area contributed by atoms with Crippen LogP contribution in [0.3, 0.4) is 0 Å². The number of ether oxygens (including phenoxy) is 3. The third kappa shape index (κ3) is 7.07. The fourth-order valence-corrected chi connectivity index (χ4v) is 10.6. The van der Waals surface area contributed by atoms with E-state index in [0.717, 1.165) is 49.4 Å². The second-order valence-corrected chi connectivity index (χ2v) is 16.8. The summed E-state index contributed by atoms with van der Waals surface area (Å²) in [6.45, 7) is 4.87. The molecule has 10 heteroatoms. The number of aryl methyl sites for hydroxylation is 1. The number of fused-ring (bicyclic) bond motifs is 4. The van der Waals surface area contributed by atoms with Gasteiger partial charge in [0.2, 0.25) is 10.0 Å². The normalized spacial score (nSPS) is 29.8. The third-order valence-electron chi connectivity index (χ3n) is 11.3. The Hall–Kier alpha value is -3.37. The maximum absolute atomic E-state index is 14.1. The Kier molecular flexibility index (Phi) is 10.3. The van der Waals surface area contributed by atoms with Gasteiger partial charge in [0.25, 0.3) is 5.91 Å². The van der Waals surface area contributed by atoms with Gasteiger partial charge < -0.3 is 19.1 Å². The summed E-state index contributed by atoms with van der Waals surface area (Å²) < 4.78 is 49.1. The van der Waals surface area contributed by atoms with Crippen molar-refractivity contribution in [3.05, 3.63) is 106 Å². The Balaban J connectivity index is 1.31. The molecule has 266 valence electrons. The van der Waals surface area contributed by atoms with Gasteiger partial charge in [-0.3, -0.25) is 4.79 Å². The van der Waals surface area contributed by atoms with E-state index in [9.17, 15) is 13.2 Å². The van der Waals surface area contributed by atoms with Crippen LogP contribution in [0.15, 0.2) is 78.9 Å².